The summed E-state index contributed by atoms with van der Waals surface area (Å²) < 4.78 is 7.02. The van der Waals surface area contributed by atoms with E-state index in [-0.39, 0.29) is 0 Å². The van der Waals surface area contributed by atoms with E-state index in [9.17, 15) is 0 Å². The quantitative estimate of drug-likeness (QED) is 0.719. The molecule has 0 bridgehead atoms. The molecule has 112 valence electrons. The number of nitrogens with zero attached hydrogens (tertiary/aromatic N) is 1. The highest BCUT2D eigenvalue weighted by molar-refractivity contribution is 9.10. The van der Waals surface area contributed by atoms with Crippen LogP contribution < -0.4 is 5.32 Å². The fourth-order valence-corrected chi connectivity index (χ4v) is 2.49. The van der Waals surface area contributed by atoms with E-state index in [1.165, 1.54) is 5.56 Å². The summed E-state index contributed by atoms with van der Waals surface area (Å²) in [4.78, 5) is 4.28. The first-order chi connectivity index (χ1) is 10.7. The molecule has 0 amide bonds. The summed E-state index contributed by atoms with van der Waals surface area (Å²) in [6, 6.07) is 16.2. The van der Waals surface area contributed by atoms with Gasteiger partial charge in [0.2, 0.25) is 0 Å². The Kier molecular flexibility index (Phi) is 4.71. The van der Waals surface area contributed by atoms with Crippen molar-refractivity contribution in [2.45, 2.75) is 20.0 Å². The average molecular weight is 357 g/mol. The number of pyridine rings is 1. The zero-order chi connectivity index (χ0) is 15.4. The molecule has 3 rings (SSSR count). The van der Waals surface area contributed by atoms with Gasteiger partial charge < -0.3 is 9.73 Å². The molecule has 0 spiro atoms. The Morgan fingerprint density at radius 2 is 2.00 bits per heavy atom. The van der Waals surface area contributed by atoms with E-state index in [1.54, 1.807) is 6.20 Å². The van der Waals surface area contributed by atoms with Crippen molar-refractivity contribution >= 4 is 15.9 Å². The Morgan fingerprint density at radius 3 is 2.77 bits per heavy atom. The number of halogens is 1. The van der Waals surface area contributed by atoms with Gasteiger partial charge in [-0.1, -0.05) is 28.1 Å². The molecule has 2 aromatic heterocycles. The molecule has 3 nitrogen and oxygen atoms in total. The van der Waals surface area contributed by atoms with Crippen LogP contribution in [-0.4, -0.2) is 4.98 Å². The third kappa shape index (κ3) is 3.64. The zero-order valence-electron chi connectivity index (χ0n) is 12.3. The predicted molar refractivity (Wildman–Crippen MR) is 91.4 cm³/mol. The zero-order valence-corrected chi connectivity index (χ0v) is 13.9. The fourth-order valence-electron chi connectivity index (χ4n) is 2.24. The Hall–Kier alpha value is -1.91. The average Bonchev–Trinajstić information content (AvgIpc) is 3.00. The smallest absolute Gasteiger partial charge is 0.134 e. The van der Waals surface area contributed by atoms with Crippen molar-refractivity contribution in [1.82, 2.24) is 10.3 Å². The molecule has 3 aromatic rings. The number of hydrogen-bond donors (Lipinski definition) is 1. The first-order valence-electron chi connectivity index (χ1n) is 7.18. The van der Waals surface area contributed by atoms with Gasteiger partial charge in [0.05, 0.1) is 12.2 Å². The summed E-state index contributed by atoms with van der Waals surface area (Å²) in [6.07, 6.45) is 1.80. The summed E-state index contributed by atoms with van der Waals surface area (Å²) in [5.74, 6) is 1.82. The molecule has 0 radical (unpaired) electrons. The minimum absolute atomic E-state index is 0.687. The SMILES string of the molecule is Cc1cc(-c2ccc(CNCc3ccccn3)o2)ccc1Br. The van der Waals surface area contributed by atoms with E-state index in [2.05, 4.69) is 45.3 Å². The van der Waals surface area contributed by atoms with Gasteiger partial charge in [0.25, 0.3) is 0 Å². The third-order valence-corrected chi connectivity index (χ3v) is 4.33. The number of hydrogen-bond acceptors (Lipinski definition) is 3. The molecule has 22 heavy (non-hydrogen) atoms. The van der Waals surface area contributed by atoms with E-state index >= 15 is 0 Å². The van der Waals surface area contributed by atoms with Gasteiger partial charge in [0.15, 0.2) is 0 Å². The van der Waals surface area contributed by atoms with Crippen LogP contribution in [0.5, 0.6) is 0 Å². The van der Waals surface area contributed by atoms with Gasteiger partial charge >= 0.3 is 0 Å². The van der Waals surface area contributed by atoms with Crippen LogP contribution in [0.15, 0.2) is 63.6 Å². The molecule has 0 aliphatic rings. The highest BCUT2D eigenvalue weighted by Crippen LogP contribution is 2.26. The Morgan fingerprint density at radius 1 is 1.09 bits per heavy atom. The van der Waals surface area contributed by atoms with Crippen molar-refractivity contribution in [2.75, 3.05) is 0 Å². The fraction of sp³-hybridized carbons (Fsp3) is 0.167. The molecule has 2 heterocycles. The number of rotatable bonds is 5. The normalized spacial score (nSPS) is 10.8. The van der Waals surface area contributed by atoms with Crippen LogP contribution in [-0.2, 0) is 13.1 Å². The Bertz CT molecular complexity index is 753. The molecule has 1 aromatic carbocycles. The number of benzene rings is 1. The lowest BCUT2D eigenvalue weighted by Gasteiger charge is -2.03. The van der Waals surface area contributed by atoms with Crippen molar-refractivity contribution in [3.8, 4) is 11.3 Å². The van der Waals surface area contributed by atoms with Gasteiger partial charge in [-0.15, -0.1) is 0 Å². The second-order valence-electron chi connectivity index (χ2n) is 5.15. The molecule has 4 heteroatoms. The summed E-state index contributed by atoms with van der Waals surface area (Å²) in [5, 5.41) is 3.34. The van der Waals surface area contributed by atoms with E-state index in [0.717, 1.165) is 33.8 Å². The topological polar surface area (TPSA) is 38.1 Å². The van der Waals surface area contributed by atoms with E-state index < -0.39 is 0 Å². The van der Waals surface area contributed by atoms with Crippen molar-refractivity contribution in [3.63, 3.8) is 0 Å². The minimum Gasteiger partial charge on any atom is -0.460 e. The van der Waals surface area contributed by atoms with Crippen molar-refractivity contribution < 1.29 is 4.42 Å². The standard InChI is InChI=1S/C18H17BrN2O/c1-13-10-14(5-7-17(13)19)18-8-6-16(22-18)12-20-11-15-4-2-3-9-21-15/h2-10,20H,11-12H2,1H3. The third-order valence-electron chi connectivity index (χ3n) is 3.44. The molecule has 0 aliphatic heterocycles. The lowest BCUT2D eigenvalue weighted by Crippen LogP contribution is -2.12. The van der Waals surface area contributed by atoms with Crippen LogP contribution in [0.1, 0.15) is 17.0 Å². The van der Waals surface area contributed by atoms with Crippen LogP contribution in [0, 0.1) is 6.92 Å². The largest absolute Gasteiger partial charge is 0.460 e. The first kappa shape index (κ1) is 15.0. The van der Waals surface area contributed by atoms with Gasteiger partial charge in [-0.05, 0) is 48.9 Å². The van der Waals surface area contributed by atoms with Gasteiger partial charge in [0, 0.05) is 22.8 Å². The van der Waals surface area contributed by atoms with Crippen LogP contribution in [0.2, 0.25) is 0 Å². The second-order valence-corrected chi connectivity index (χ2v) is 6.01. The molecule has 0 unspecified atom stereocenters. The lowest BCUT2D eigenvalue weighted by molar-refractivity contribution is 0.492. The van der Waals surface area contributed by atoms with Gasteiger partial charge in [-0.3, -0.25) is 4.98 Å². The number of nitrogens with one attached hydrogen (secondary N) is 1. The molecule has 1 N–H and O–H groups in total. The highest BCUT2D eigenvalue weighted by atomic mass is 79.9. The number of aryl methyl sites for hydroxylation is 1. The van der Waals surface area contributed by atoms with Crippen molar-refractivity contribution in [3.05, 3.63) is 76.2 Å². The van der Waals surface area contributed by atoms with E-state index in [0.29, 0.717) is 6.54 Å². The maximum atomic E-state index is 5.90. The molecule has 0 fully saturated rings. The molecule has 0 saturated carbocycles. The number of furan rings is 1. The Balaban J connectivity index is 1.62. The molecule has 0 aliphatic carbocycles. The predicted octanol–water partition coefficient (Wildman–Crippen LogP) is 4.70. The summed E-state index contributed by atoms with van der Waals surface area (Å²) in [5.41, 5.74) is 3.32. The maximum absolute atomic E-state index is 5.90. The van der Waals surface area contributed by atoms with E-state index in [4.69, 9.17) is 4.42 Å². The van der Waals surface area contributed by atoms with Gasteiger partial charge in [0.1, 0.15) is 11.5 Å². The van der Waals surface area contributed by atoms with Crippen LogP contribution >= 0.6 is 15.9 Å². The number of aromatic nitrogens is 1. The molecule has 0 saturated heterocycles. The monoisotopic (exact) mass is 356 g/mol. The lowest BCUT2D eigenvalue weighted by atomic mass is 10.1. The maximum Gasteiger partial charge on any atom is 0.134 e. The molecular formula is C18H17BrN2O. The molecule has 0 atom stereocenters. The van der Waals surface area contributed by atoms with Crippen LogP contribution in [0.3, 0.4) is 0 Å². The highest BCUT2D eigenvalue weighted by Gasteiger charge is 2.06. The van der Waals surface area contributed by atoms with Gasteiger partial charge in [-0.25, -0.2) is 0 Å². The van der Waals surface area contributed by atoms with Crippen LogP contribution in [0.25, 0.3) is 11.3 Å². The van der Waals surface area contributed by atoms with Crippen LogP contribution in [0.4, 0.5) is 0 Å². The van der Waals surface area contributed by atoms with Crippen molar-refractivity contribution in [1.29, 1.82) is 0 Å². The van der Waals surface area contributed by atoms with Crippen molar-refractivity contribution in [2.24, 2.45) is 0 Å². The summed E-state index contributed by atoms with van der Waals surface area (Å²) in [7, 11) is 0. The Labute approximate surface area is 138 Å². The van der Waals surface area contributed by atoms with E-state index in [1.807, 2.05) is 36.4 Å². The van der Waals surface area contributed by atoms with Gasteiger partial charge in [-0.2, -0.15) is 0 Å². The summed E-state index contributed by atoms with van der Waals surface area (Å²) in [6.45, 7) is 3.49. The first-order valence-corrected chi connectivity index (χ1v) is 7.97. The molecular weight excluding hydrogens is 340 g/mol. The minimum atomic E-state index is 0.687. The second kappa shape index (κ2) is 6.90. The summed E-state index contributed by atoms with van der Waals surface area (Å²) >= 11 is 3.52.